The molecule has 6 heteroatoms. The number of hydrogen-bond acceptors (Lipinski definition) is 4. The maximum atomic E-state index is 12.3. The Morgan fingerprint density at radius 1 is 1.44 bits per heavy atom. The number of carbonyl (C=O) groups excluding carboxylic acids is 1. The van der Waals surface area contributed by atoms with Crippen molar-refractivity contribution in [3.05, 3.63) is 35.7 Å². The fourth-order valence-electron chi connectivity index (χ4n) is 2.31. The van der Waals surface area contributed by atoms with Gasteiger partial charge in [-0.1, -0.05) is 6.07 Å². The average molecular weight is 243 g/mol. The maximum Gasteiger partial charge on any atom is 0.280 e. The van der Waals surface area contributed by atoms with E-state index < -0.39 is 0 Å². The second-order valence-corrected chi connectivity index (χ2v) is 4.26. The number of H-pyrrole nitrogens is 1. The first-order chi connectivity index (χ1) is 8.77. The van der Waals surface area contributed by atoms with E-state index in [0.29, 0.717) is 12.2 Å². The molecule has 1 aromatic carbocycles. The fraction of sp³-hybridized carbons (Fsp3) is 0.250. The Hall–Kier alpha value is -2.37. The summed E-state index contributed by atoms with van der Waals surface area (Å²) in [5, 5.41) is 9.94. The molecule has 0 unspecified atom stereocenters. The van der Waals surface area contributed by atoms with Crippen LogP contribution in [0, 0.1) is 0 Å². The Morgan fingerprint density at radius 2 is 2.33 bits per heavy atom. The second kappa shape index (κ2) is 4.14. The van der Waals surface area contributed by atoms with Gasteiger partial charge in [-0.15, -0.1) is 0 Å². The van der Waals surface area contributed by atoms with Gasteiger partial charge in [-0.25, -0.2) is 0 Å². The van der Waals surface area contributed by atoms with Gasteiger partial charge in [0, 0.05) is 17.9 Å². The lowest BCUT2D eigenvalue weighted by molar-refractivity contribution is 0.0980. The minimum atomic E-state index is -0.143. The summed E-state index contributed by atoms with van der Waals surface area (Å²) in [5.41, 5.74) is 8.94. The van der Waals surface area contributed by atoms with E-state index >= 15 is 0 Å². The van der Waals surface area contributed by atoms with Crippen molar-refractivity contribution in [2.75, 3.05) is 17.2 Å². The molecule has 18 heavy (non-hydrogen) atoms. The molecule has 1 aliphatic heterocycles. The van der Waals surface area contributed by atoms with Crippen molar-refractivity contribution in [1.82, 2.24) is 15.4 Å². The van der Waals surface area contributed by atoms with Crippen LogP contribution in [0.4, 0.5) is 11.4 Å². The van der Waals surface area contributed by atoms with E-state index in [4.69, 9.17) is 5.73 Å². The van der Waals surface area contributed by atoms with Gasteiger partial charge >= 0.3 is 0 Å². The van der Waals surface area contributed by atoms with Crippen LogP contribution < -0.4 is 10.6 Å². The molecule has 1 aromatic heterocycles. The predicted octanol–water partition coefficient (Wildman–Crippen LogP) is 0.980. The van der Waals surface area contributed by atoms with Crippen molar-refractivity contribution in [1.29, 1.82) is 0 Å². The lowest BCUT2D eigenvalue weighted by atomic mass is 9.99. The number of anilines is 2. The minimum Gasteiger partial charge on any atom is -0.398 e. The molecule has 1 amide bonds. The van der Waals surface area contributed by atoms with Gasteiger partial charge in [-0.2, -0.15) is 15.4 Å². The second-order valence-electron chi connectivity index (χ2n) is 4.26. The van der Waals surface area contributed by atoms with Crippen LogP contribution in [0.15, 0.2) is 24.4 Å². The van der Waals surface area contributed by atoms with E-state index in [1.807, 2.05) is 18.2 Å². The van der Waals surface area contributed by atoms with Crippen molar-refractivity contribution in [3.63, 3.8) is 0 Å². The number of carbonyl (C=O) groups is 1. The summed E-state index contributed by atoms with van der Waals surface area (Å²) in [4.78, 5) is 14.0. The molecule has 1 aliphatic rings. The molecule has 0 radical (unpaired) electrons. The zero-order valence-electron chi connectivity index (χ0n) is 9.76. The van der Waals surface area contributed by atoms with Crippen LogP contribution in [0.3, 0.4) is 0 Å². The molecule has 0 saturated heterocycles. The molecule has 2 aromatic rings. The molecule has 92 valence electrons. The number of fused-ring (bicyclic) bond motifs is 1. The number of amides is 1. The van der Waals surface area contributed by atoms with Crippen LogP contribution >= 0.6 is 0 Å². The first kappa shape index (κ1) is 10.8. The van der Waals surface area contributed by atoms with Crippen LogP contribution in [0.25, 0.3) is 0 Å². The molecule has 0 spiro atoms. The topological polar surface area (TPSA) is 87.9 Å². The van der Waals surface area contributed by atoms with Crippen LogP contribution in [-0.4, -0.2) is 27.9 Å². The summed E-state index contributed by atoms with van der Waals surface area (Å²) in [6.45, 7) is 0.683. The van der Waals surface area contributed by atoms with Gasteiger partial charge in [-0.3, -0.25) is 4.79 Å². The molecule has 2 heterocycles. The summed E-state index contributed by atoms with van der Waals surface area (Å²) < 4.78 is 0. The quantitative estimate of drug-likeness (QED) is 0.731. The van der Waals surface area contributed by atoms with Crippen LogP contribution in [0.1, 0.15) is 22.5 Å². The Morgan fingerprint density at radius 3 is 3.11 bits per heavy atom. The van der Waals surface area contributed by atoms with Gasteiger partial charge < -0.3 is 10.6 Å². The maximum absolute atomic E-state index is 12.3. The first-order valence-electron chi connectivity index (χ1n) is 5.82. The molecule has 6 nitrogen and oxygen atoms in total. The number of nitrogens with two attached hydrogens (primary N) is 1. The summed E-state index contributed by atoms with van der Waals surface area (Å²) >= 11 is 0. The SMILES string of the molecule is Nc1cccc2c1CCCN2C(=O)c1cn[nH]n1. The number of hydrogen-bond donors (Lipinski definition) is 2. The number of rotatable bonds is 1. The summed E-state index contributed by atoms with van der Waals surface area (Å²) in [6, 6.07) is 5.65. The highest BCUT2D eigenvalue weighted by atomic mass is 16.2. The van der Waals surface area contributed by atoms with Crippen molar-refractivity contribution in [2.24, 2.45) is 0 Å². The smallest absolute Gasteiger partial charge is 0.280 e. The molecule has 3 rings (SSSR count). The number of benzene rings is 1. The zero-order chi connectivity index (χ0) is 12.5. The van der Waals surface area contributed by atoms with Gasteiger partial charge in [0.15, 0.2) is 5.69 Å². The molecule has 0 saturated carbocycles. The summed E-state index contributed by atoms with van der Waals surface area (Å²) in [6.07, 6.45) is 3.25. The monoisotopic (exact) mass is 243 g/mol. The van der Waals surface area contributed by atoms with Crippen LogP contribution in [0.5, 0.6) is 0 Å². The Labute approximate surface area is 104 Å². The highest BCUT2D eigenvalue weighted by molar-refractivity contribution is 6.05. The molecule has 3 N–H and O–H groups in total. The molecule has 0 fully saturated rings. The number of aromatic nitrogens is 3. The van der Waals surface area contributed by atoms with E-state index in [9.17, 15) is 4.79 Å². The van der Waals surface area contributed by atoms with Crippen LogP contribution in [0.2, 0.25) is 0 Å². The third-order valence-corrected chi connectivity index (χ3v) is 3.17. The number of nitrogen functional groups attached to an aromatic ring is 1. The normalized spacial score (nSPS) is 14.3. The Bertz CT molecular complexity index is 578. The molecular weight excluding hydrogens is 230 g/mol. The third kappa shape index (κ3) is 1.62. The Kier molecular flexibility index (Phi) is 2.47. The standard InChI is InChI=1S/C12H13N5O/c13-9-4-1-5-11-8(9)3-2-6-17(11)12(18)10-7-14-16-15-10/h1,4-5,7H,2-3,6,13H2,(H,14,15,16). The fourth-order valence-corrected chi connectivity index (χ4v) is 2.31. The third-order valence-electron chi connectivity index (χ3n) is 3.17. The lowest BCUT2D eigenvalue weighted by Crippen LogP contribution is -2.36. The number of aromatic amines is 1. The largest absolute Gasteiger partial charge is 0.398 e. The summed E-state index contributed by atoms with van der Waals surface area (Å²) in [7, 11) is 0. The number of nitrogens with one attached hydrogen (secondary N) is 1. The average Bonchev–Trinajstić information content (AvgIpc) is 2.92. The summed E-state index contributed by atoms with van der Waals surface area (Å²) in [5.74, 6) is -0.143. The molecule has 0 aliphatic carbocycles. The lowest BCUT2D eigenvalue weighted by Gasteiger charge is -2.29. The highest BCUT2D eigenvalue weighted by Gasteiger charge is 2.25. The van der Waals surface area contributed by atoms with Gasteiger partial charge in [0.05, 0.1) is 6.20 Å². The molecular formula is C12H13N5O. The van der Waals surface area contributed by atoms with Crippen molar-refractivity contribution in [2.45, 2.75) is 12.8 Å². The van der Waals surface area contributed by atoms with E-state index in [-0.39, 0.29) is 5.91 Å². The van der Waals surface area contributed by atoms with E-state index in [0.717, 1.165) is 29.8 Å². The van der Waals surface area contributed by atoms with Gasteiger partial charge in [0.25, 0.3) is 5.91 Å². The molecule has 0 atom stereocenters. The minimum absolute atomic E-state index is 0.143. The van der Waals surface area contributed by atoms with Crippen LogP contribution in [-0.2, 0) is 6.42 Å². The first-order valence-corrected chi connectivity index (χ1v) is 5.82. The van der Waals surface area contributed by atoms with E-state index in [1.54, 1.807) is 4.90 Å². The number of nitrogens with zero attached hydrogens (tertiary/aromatic N) is 3. The Balaban J connectivity index is 2.02. The van der Waals surface area contributed by atoms with Crippen molar-refractivity contribution in [3.8, 4) is 0 Å². The van der Waals surface area contributed by atoms with E-state index in [2.05, 4.69) is 15.4 Å². The van der Waals surface area contributed by atoms with Gasteiger partial charge in [0.2, 0.25) is 0 Å². The molecule has 0 bridgehead atoms. The van der Waals surface area contributed by atoms with E-state index in [1.165, 1.54) is 6.20 Å². The zero-order valence-corrected chi connectivity index (χ0v) is 9.76. The van der Waals surface area contributed by atoms with Crippen molar-refractivity contribution < 1.29 is 4.79 Å². The van der Waals surface area contributed by atoms with Gasteiger partial charge in [0.1, 0.15) is 0 Å². The highest BCUT2D eigenvalue weighted by Crippen LogP contribution is 2.31. The predicted molar refractivity (Wildman–Crippen MR) is 67.2 cm³/mol. The van der Waals surface area contributed by atoms with Gasteiger partial charge in [-0.05, 0) is 30.5 Å². The van der Waals surface area contributed by atoms with Crippen molar-refractivity contribution >= 4 is 17.3 Å².